The number of aromatic amines is 1. The molecule has 0 saturated heterocycles. The third-order valence-corrected chi connectivity index (χ3v) is 5.64. The number of carbonyl (C=O) groups excluding carboxylic acids is 1. The zero-order chi connectivity index (χ0) is 22.3. The minimum Gasteiger partial charge on any atom is -0.348 e. The number of nitrogens with one attached hydrogen (secondary N) is 2. The molecule has 4 aromatic rings. The molecule has 0 aliphatic carbocycles. The molecular formula is C23H26N6O2. The Kier molecular flexibility index (Phi) is 5.22. The standard InChI is InChI=1S/C23H26N6O2/c1-13(11-18-14(2)26-28(5)16(18)4)24-23(31)19-12-20(30)29-22(25-19)21(15(3)27-29)17-9-7-6-8-10-17/h6-10,12-13,27H,11H2,1-5H3,(H,24,31)/t13-/m0/s1. The van der Waals surface area contributed by atoms with Gasteiger partial charge in [-0.1, -0.05) is 30.3 Å². The molecule has 0 unspecified atom stereocenters. The van der Waals surface area contributed by atoms with Gasteiger partial charge in [-0.3, -0.25) is 19.4 Å². The molecule has 0 fully saturated rings. The minimum atomic E-state index is -0.371. The molecule has 0 aliphatic heterocycles. The fourth-order valence-corrected chi connectivity index (χ4v) is 3.98. The molecule has 0 bridgehead atoms. The molecular weight excluding hydrogens is 392 g/mol. The van der Waals surface area contributed by atoms with Crippen LogP contribution < -0.4 is 10.9 Å². The van der Waals surface area contributed by atoms with Crippen LogP contribution in [0.15, 0.2) is 41.2 Å². The normalized spacial score (nSPS) is 12.3. The van der Waals surface area contributed by atoms with Crippen molar-refractivity contribution in [3.05, 3.63) is 75.1 Å². The minimum absolute atomic E-state index is 0.104. The summed E-state index contributed by atoms with van der Waals surface area (Å²) in [7, 11) is 1.91. The fourth-order valence-electron chi connectivity index (χ4n) is 3.98. The molecule has 1 atom stereocenters. The lowest BCUT2D eigenvalue weighted by Gasteiger charge is -2.14. The van der Waals surface area contributed by atoms with Crippen molar-refractivity contribution in [2.45, 2.75) is 40.2 Å². The highest BCUT2D eigenvalue weighted by atomic mass is 16.2. The van der Waals surface area contributed by atoms with E-state index < -0.39 is 0 Å². The second-order valence-corrected chi connectivity index (χ2v) is 7.97. The molecule has 4 rings (SSSR count). The van der Waals surface area contributed by atoms with Gasteiger partial charge in [0.1, 0.15) is 5.69 Å². The topological polar surface area (TPSA) is 97.1 Å². The predicted octanol–water partition coefficient (Wildman–Crippen LogP) is 2.71. The highest BCUT2D eigenvalue weighted by Crippen LogP contribution is 2.26. The van der Waals surface area contributed by atoms with Crippen LogP contribution in [0.25, 0.3) is 16.8 Å². The summed E-state index contributed by atoms with van der Waals surface area (Å²) in [5.41, 5.74) is 5.91. The number of fused-ring (bicyclic) bond motifs is 1. The monoisotopic (exact) mass is 418 g/mol. The maximum Gasteiger partial charge on any atom is 0.273 e. The number of hydrogen-bond donors (Lipinski definition) is 2. The summed E-state index contributed by atoms with van der Waals surface area (Å²) in [6.07, 6.45) is 0.650. The SMILES string of the molecule is Cc1nn(C)c(C)c1C[C@H](C)NC(=O)c1cc(=O)n2[nH]c(C)c(-c3ccccc3)c2n1. The molecule has 160 valence electrons. The van der Waals surface area contributed by atoms with E-state index in [1.807, 2.05) is 69.8 Å². The predicted molar refractivity (Wildman–Crippen MR) is 119 cm³/mol. The molecule has 31 heavy (non-hydrogen) atoms. The molecule has 2 N–H and O–H groups in total. The molecule has 3 aromatic heterocycles. The highest BCUT2D eigenvalue weighted by molar-refractivity contribution is 5.93. The van der Waals surface area contributed by atoms with Gasteiger partial charge < -0.3 is 5.32 Å². The third kappa shape index (κ3) is 3.76. The van der Waals surface area contributed by atoms with Crippen LogP contribution in [0.3, 0.4) is 0 Å². The number of aryl methyl sites for hydroxylation is 3. The first kappa shape index (κ1) is 20.6. The van der Waals surface area contributed by atoms with Gasteiger partial charge in [0.2, 0.25) is 0 Å². The zero-order valence-electron chi connectivity index (χ0n) is 18.4. The van der Waals surface area contributed by atoms with Gasteiger partial charge in [-0.2, -0.15) is 5.10 Å². The Balaban J connectivity index is 1.65. The summed E-state index contributed by atoms with van der Waals surface area (Å²) in [6.45, 7) is 7.80. The first-order chi connectivity index (χ1) is 14.8. The van der Waals surface area contributed by atoms with Crippen LogP contribution in [0.1, 0.15) is 40.1 Å². The number of H-pyrrole nitrogens is 1. The van der Waals surface area contributed by atoms with Crippen LogP contribution in [0.2, 0.25) is 0 Å². The van der Waals surface area contributed by atoms with Gasteiger partial charge in [-0.05, 0) is 45.2 Å². The van der Waals surface area contributed by atoms with E-state index in [2.05, 4.69) is 20.5 Å². The summed E-state index contributed by atoms with van der Waals surface area (Å²) >= 11 is 0. The van der Waals surface area contributed by atoms with Crippen molar-refractivity contribution < 1.29 is 4.79 Å². The van der Waals surface area contributed by atoms with Crippen molar-refractivity contribution in [2.24, 2.45) is 7.05 Å². The average Bonchev–Trinajstić information content (AvgIpc) is 3.19. The number of amides is 1. The summed E-state index contributed by atoms with van der Waals surface area (Å²) in [5, 5.41) is 10.4. The Hall–Kier alpha value is -3.68. The van der Waals surface area contributed by atoms with E-state index in [0.29, 0.717) is 12.1 Å². The van der Waals surface area contributed by atoms with Crippen molar-refractivity contribution in [1.29, 1.82) is 0 Å². The number of hydrogen-bond acceptors (Lipinski definition) is 4. The number of aromatic nitrogens is 5. The van der Waals surface area contributed by atoms with E-state index in [1.165, 1.54) is 10.6 Å². The van der Waals surface area contributed by atoms with Crippen LogP contribution in [0.5, 0.6) is 0 Å². The average molecular weight is 419 g/mol. The van der Waals surface area contributed by atoms with Crippen molar-refractivity contribution in [3.63, 3.8) is 0 Å². The maximum atomic E-state index is 12.9. The second kappa shape index (κ2) is 7.86. The van der Waals surface area contributed by atoms with Crippen LogP contribution in [-0.4, -0.2) is 36.3 Å². The molecule has 8 heteroatoms. The summed E-state index contributed by atoms with van der Waals surface area (Å²) < 4.78 is 3.22. The quantitative estimate of drug-likeness (QED) is 0.521. The van der Waals surface area contributed by atoms with Crippen molar-refractivity contribution >= 4 is 11.6 Å². The maximum absolute atomic E-state index is 12.9. The third-order valence-electron chi connectivity index (χ3n) is 5.64. The van der Waals surface area contributed by atoms with Crippen molar-refractivity contribution in [1.82, 2.24) is 29.7 Å². The fraction of sp³-hybridized carbons (Fsp3) is 0.304. The van der Waals surface area contributed by atoms with E-state index >= 15 is 0 Å². The van der Waals surface area contributed by atoms with E-state index in [9.17, 15) is 9.59 Å². The van der Waals surface area contributed by atoms with Gasteiger partial charge in [-0.15, -0.1) is 0 Å². The summed E-state index contributed by atoms with van der Waals surface area (Å²) in [4.78, 5) is 30.1. The number of rotatable bonds is 5. The molecule has 8 nitrogen and oxygen atoms in total. The molecule has 0 saturated carbocycles. The molecule has 1 aromatic carbocycles. The van der Waals surface area contributed by atoms with Crippen LogP contribution in [0.4, 0.5) is 0 Å². The van der Waals surface area contributed by atoms with Gasteiger partial charge >= 0.3 is 0 Å². The summed E-state index contributed by atoms with van der Waals surface area (Å²) in [5.74, 6) is -0.371. The van der Waals surface area contributed by atoms with Crippen LogP contribution in [-0.2, 0) is 13.5 Å². The molecule has 3 heterocycles. The Morgan fingerprint density at radius 3 is 2.55 bits per heavy atom. The Morgan fingerprint density at radius 1 is 1.19 bits per heavy atom. The van der Waals surface area contributed by atoms with Gasteiger partial charge in [0.05, 0.1) is 5.69 Å². The van der Waals surface area contributed by atoms with E-state index in [-0.39, 0.29) is 23.2 Å². The van der Waals surface area contributed by atoms with Gasteiger partial charge in [0, 0.05) is 36.1 Å². The lowest BCUT2D eigenvalue weighted by molar-refractivity contribution is 0.0935. The molecule has 0 spiro atoms. The lowest BCUT2D eigenvalue weighted by Crippen LogP contribution is -2.35. The highest BCUT2D eigenvalue weighted by Gasteiger charge is 2.20. The number of benzene rings is 1. The lowest BCUT2D eigenvalue weighted by atomic mass is 10.1. The first-order valence-electron chi connectivity index (χ1n) is 10.2. The van der Waals surface area contributed by atoms with Crippen molar-refractivity contribution in [3.8, 4) is 11.1 Å². The van der Waals surface area contributed by atoms with Crippen LogP contribution in [0, 0.1) is 20.8 Å². The Labute approximate surface area is 179 Å². The summed E-state index contributed by atoms with van der Waals surface area (Å²) in [6, 6.07) is 10.8. The van der Waals surface area contributed by atoms with Gasteiger partial charge in [0.15, 0.2) is 5.65 Å². The number of carbonyl (C=O) groups is 1. The Bertz CT molecular complexity index is 1330. The first-order valence-corrected chi connectivity index (χ1v) is 10.2. The second-order valence-electron chi connectivity index (χ2n) is 7.97. The molecule has 1 amide bonds. The van der Waals surface area contributed by atoms with Crippen LogP contribution >= 0.6 is 0 Å². The van der Waals surface area contributed by atoms with E-state index in [4.69, 9.17) is 0 Å². The van der Waals surface area contributed by atoms with E-state index in [0.717, 1.165) is 33.8 Å². The van der Waals surface area contributed by atoms with Gasteiger partial charge in [-0.25, -0.2) is 9.50 Å². The molecule has 0 aliphatic rings. The zero-order valence-corrected chi connectivity index (χ0v) is 18.4. The smallest absolute Gasteiger partial charge is 0.273 e. The molecule has 0 radical (unpaired) electrons. The van der Waals surface area contributed by atoms with Crippen molar-refractivity contribution in [2.75, 3.05) is 0 Å². The Morgan fingerprint density at radius 2 is 1.90 bits per heavy atom. The van der Waals surface area contributed by atoms with E-state index in [1.54, 1.807) is 0 Å². The largest absolute Gasteiger partial charge is 0.348 e. The van der Waals surface area contributed by atoms with Gasteiger partial charge in [0.25, 0.3) is 11.5 Å². The number of nitrogens with zero attached hydrogens (tertiary/aromatic N) is 4.